The summed E-state index contributed by atoms with van der Waals surface area (Å²) >= 11 is 0. The van der Waals surface area contributed by atoms with E-state index in [1.807, 2.05) is 37.4 Å². The van der Waals surface area contributed by atoms with Gasteiger partial charge in [-0.15, -0.1) is 0 Å². The van der Waals surface area contributed by atoms with E-state index in [9.17, 15) is 18.0 Å². The molecular formula is C21H24F3N5O3. The van der Waals surface area contributed by atoms with E-state index in [4.69, 9.17) is 14.9 Å². The highest BCUT2D eigenvalue weighted by Gasteiger charge is 2.38. The van der Waals surface area contributed by atoms with Gasteiger partial charge in [-0.3, -0.25) is 9.48 Å². The van der Waals surface area contributed by atoms with Crippen molar-refractivity contribution in [1.29, 1.82) is 0 Å². The van der Waals surface area contributed by atoms with E-state index in [-0.39, 0.29) is 18.0 Å². The summed E-state index contributed by atoms with van der Waals surface area (Å²) in [5, 5.41) is 14.5. The third-order valence-electron chi connectivity index (χ3n) is 5.36. The number of H-pyrrole nitrogens is 1. The van der Waals surface area contributed by atoms with Gasteiger partial charge in [0.2, 0.25) is 5.91 Å². The van der Waals surface area contributed by atoms with E-state index in [1.54, 1.807) is 10.9 Å². The highest BCUT2D eigenvalue weighted by atomic mass is 19.4. The SMILES string of the molecule is CC(C(=O)NC1CCCC(c2nc3ccccc3[nH]2)C1)n1cccn1.O=C(O)C(F)(F)F. The number of alkyl halides is 3. The van der Waals surface area contributed by atoms with Crippen molar-refractivity contribution in [3.05, 3.63) is 48.5 Å². The molecule has 3 atom stereocenters. The fourth-order valence-electron chi connectivity index (χ4n) is 3.69. The Morgan fingerprint density at radius 2 is 1.97 bits per heavy atom. The zero-order valence-electron chi connectivity index (χ0n) is 17.3. The second-order valence-corrected chi connectivity index (χ2v) is 7.67. The van der Waals surface area contributed by atoms with Gasteiger partial charge in [0, 0.05) is 24.4 Å². The fourth-order valence-corrected chi connectivity index (χ4v) is 3.69. The van der Waals surface area contributed by atoms with Crippen molar-refractivity contribution in [2.45, 2.75) is 56.8 Å². The second-order valence-electron chi connectivity index (χ2n) is 7.67. The summed E-state index contributed by atoms with van der Waals surface area (Å²) in [5.74, 6) is -1.32. The summed E-state index contributed by atoms with van der Waals surface area (Å²) in [7, 11) is 0. The molecule has 2 aromatic heterocycles. The standard InChI is InChI=1S/C19H23N5O.C2HF3O2/c1-13(24-11-5-10-20-24)19(25)21-15-7-4-6-14(12-15)18-22-16-8-2-3-9-17(16)23-18;3-2(4,5)1(6)7/h2-3,5,8-11,13-15H,4,6-7,12H2,1H3,(H,21,25)(H,22,23);(H,6,7). The first kappa shape index (κ1) is 23.3. The number of carboxylic acids is 1. The largest absolute Gasteiger partial charge is 0.490 e. The molecule has 1 saturated carbocycles. The Labute approximate surface area is 181 Å². The molecule has 11 heteroatoms. The van der Waals surface area contributed by atoms with Gasteiger partial charge in [-0.2, -0.15) is 18.3 Å². The van der Waals surface area contributed by atoms with Crippen molar-refractivity contribution in [3.8, 4) is 0 Å². The number of halogens is 3. The summed E-state index contributed by atoms with van der Waals surface area (Å²) in [6.45, 7) is 1.88. The maximum absolute atomic E-state index is 12.5. The zero-order chi connectivity index (χ0) is 23.3. The predicted molar refractivity (Wildman–Crippen MR) is 110 cm³/mol. The Morgan fingerprint density at radius 1 is 1.25 bits per heavy atom. The van der Waals surface area contributed by atoms with Crippen LogP contribution in [0.15, 0.2) is 42.7 Å². The number of amides is 1. The van der Waals surface area contributed by atoms with Gasteiger partial charge in [0.05, 0.1) is 11.0 Å². The van der Waals surface area contributed by atoms with Gasteiger partial charge in [0.1, 0.15) is 11.9 Å². The van der Waals surface area contributed by atoms with Crippen LogP contribution in [0, 0.1) is 0 Å². The summed E-state index contributed by atoms with van der Waals surface area (Å²) < 4.78 is 33.4. The molecule has 3 N–H and O–H groups in total. The quantitative estimate of drug-likeness (QED) is 0.559. The Kier molecular flexibility index (Phi) is 7.16. The molecule has 8 nitrogen and oxygen atoms in total. The smallest absolute Gasteiger partial charge is 0.475 e. The van der Waals surface area contributed by atoms with E-state index in [2.05, 4.69) is 21.5 Å². The van der Waals surface area contributed by atoms with Gasteiger partial charge in [0.15, 0.2) is 0 Å². The van der Waals surface area contributed by atoms with Crippen molar-refractivity contribution >= 4 is 22.9 Å². The van der Waals surface area contributed by atoms with Gasteiger partial charge < -0.3 is 15.4 Å². The average Bonchev–Trinajstić information content (AvgIpc) is 3.43. The van der Waals surface area contributed by atoms with Crippen LogP contribution in [0.3, 0.4) is 0 Å². The number of aromatic amines is 1. The van der Waals surface area contributed by atoms with Gasteiger partial charge in [-0.25, -0.2) is 9.78 Å². The van der Waals surface area contributed by atoms with Crippen LogP contribution in [0.25, 0.3) is 11.0 Å². The number of hydrogen-bond donors (Lipinski definition) is 3. The number of fused-ring (bicyclic) bond motifs is 1. The number of aliphatic carboxylic acids is 1. The van der Waals surface area contributed by atoms with Crippen LogP contribution in [0.1, 0.15) is 50.4 Å². The topological polar surface area (TPSA) is 113 Å². The lowest BCUT2D eigenvalue weighted by Crippen LogP contribution is -2.41. The molecule has 1 amide bonds. The molecule has 1 fully saturated rings. The second kappa shape index (κ2) is 9.84. The first-order chi connectivity index (χ1) is 15.1. The van der Waals surface area contributed by atoms with E-state index >= 15 is 0 Å². The summed E-state index contributed by atoms with van der Waals surface area (Å²) in [6, 6.07) is 9.85. The lowest BCUT2D eigenvalue weighted by Gasteiger charge is -2.29. The number of rotatable bonds is 4. The third-order valence-corrected chi connectivity index (χ3v) is 5.36. The minimum Gasteiger partial charge on any atom is -0.475 e. The van der Waals surface area contributed by atoms with Crippen LogP contribution < -0.4 is 5.32 Å². The number of para-hydroxylation sites is 2. The molecule has 2 heterocycles. The van der Waals surface area contributed by atoms with Crippen LogP contribution >= 0.6 is 0 Å². The molecule has 0 saturated heterocycles. The van der Waals surface area contributed by atoms with E-state index in [0.717, 1.165) is 42.5 Å². The Balaban J connectivity index is 0.000000360. The van der Waals surface area contributed by atoms with Crippen molar-refractivity contribution in [3.63, 3.8) is 0 Å². The predicted octanol–water partition coefficient (Wildman–Crippen LogP) is 3.80. The van der Waals surface area contributed by atoms with Crippen molar-refractivity contribution in [2.24, 2.45) is 0 Å². The highest BCUT2D eigenvalue weighted by Crippen LogP contribution is 2.32. The van der Waals surface area contributed by atoms with Crippen LogP contribution in [-0.4, -0.2) is 48.9 Å². The van der Waals surface area contributed by atoms with Gasteiger partial charge >= 0.3 is 12.1 Å². The zero-order valence-corrected chi connectivity index (χ0v) is 17.3. The molecule has 32 heavy (non-hydrogen) atoms. The average molecular weight is 451 g/mol. The van der Waals surface area contributed by atoms with E-state index in [0.29, 0.717) is 5.92 Å². The van der Waals surface area contributed by atoms with Gasteiger partial charge in [-0.1, -0.05) is 18.6 Å². The Bertz CT molecular complexity index is 1020. The molecule has 3 unspecified atom stereocenters. The molecule has 1 aliphatic carbocycles. The highest BCUT2D eigenvalue weighted by molar-refractivity contribution is 5.80. The molecule has 172 valence electrons. The first-order valence-electron chi connectivity index (χ1n) is 10.2. The summed E-state index contributed by atoms with van der Waals surface area (Å²) in [5.41, 5.74) is 2.09. The lowest BCUT2D eigenvalue weighted by atomic mass is 9.85. The number of nitrogens with zero attached hydrogens (tertiary/aromatic N) is 3. The maximum Gasteiger partial charge on any atom is 0.490 e. The number of hydrogen-bond acceptors (Lipinski definition) is 4. The maximum atomic E-state index is 12.5. The molecule has 4 rings (SSSR count). The van der Waals surface area contributed by atoms with E-state index < -0.39 is 12.1 Å². The number of carboxylic acid groups (broad SMARTS) is 1. The molecule has 0 spiro atoms. The van der Waals surface area contributed by atoms with Crippen molar-refractivity contribution in [1.82, 2.24) is 25.1 Å². The monoisotopic (exact) mass is 451 g/mol. The molecule has 1 aliphatic rings. The third kappa shape index (κ3) is 5.86. The van der Waals surface area contributed by atoms with Crippen molar-refractivity contribution in [2.75, 3.05) is 0 Å². The molecule has 0 bridgehead atoms. The molecular weight excluding hydrogens is 427 g/mol. The fraction of sp³-hybridized carbons (Fsp3) is 0.429. The molecule has 0 aliphatic heterocycles. The van der Waals surface area contributed by atoms with Crippen LogP contribution in [-0.2, 0) is 9.59 Å². The number of carbonyl (C=O) groups is 2. The number of nitrogens with one attached hydrogen (secondary N) is 2. The number of benzene rings is 1. The Morgan fingerprint density at radius 3 is 2.59 bits per heavy atom. The molecule has 0 radical (unpaired) electrons. The molecule has 1 aromatic carbocycles. The Hall–Kier alpha value is -3.37. The summed E-state index contributed by atoms with van der Waals surface area (Å²) in [4.78, 5) is 29.6. The number of imidazole rings is 1. The number of aromatic nitrogens is 4. The minimum absolute atomic E-state index is 0.0268. The van der Waals surface area contributed by atoms with Gasteiger partial charge in [-0.05, 0) is 44.4 Å². The van der Waals surface area contributed by atoms with Crippen LogP contribution in [0.4, 0.5) is 13.2 Å². The van der Waals surface area contributed by atoms with Crippen LogP contribution in [0.2, 0.25) is 0 Å². The molecule has 3 aromatic rings. The van der Waals surface area contributed by atoms with E-state index in [1.165, 1.54) is 0 Å². The summed E-state index contributed by atoms with van der Waals surface area (Å²) in [6.07, 6.45) is 2.60. The lowest BCUT2D eigenvalue weighted by molar-refractivity contribution is -0.192. The van der Waals surface area contributed by atoms with Crippen molar-refractivity contribution < 1.29 is 27.9 Å². The normalized spacial score (nSPS) is 19.6. The van der Waals surface area contributed by atoms with Crippen LogP contribution in [0.5, 0.6) is 0 Å². The van der Waals surface area contributed by atoms with Gasteiger partial charge in [0.25, 0.3) is 0 Å². The number of carbonyl (C=O) groups excluding carboxylic acids is 1. The first-order valence-corrected chi connectivity index (χ1v) is 10.2. The minimum atomic E-state index is -5.08.